The molecule has 5 heteroatoms. The van der Waals surface area contributed by atoms with Gasteiger partial charge in [0.25, 0.3) is 0 Å². The van der Waals surface area contributed by atoms with Crippen molar-refractivity contribution in [3.05, 3.63) is 24.6 Å². The minimum atomic E-state index is -0.795. The number of nitrogens with one attached hydrogen (secondary N) is 1. The van der Waals surface area contributed by atoms with E-state index in [4.69, 9.17) is 9.52 Å². The molecule has 0 saturated heterocycles. The van der Waals surface area contributed by atoms with Crippen molar-refractivity contribution in [3.8, 4) is 0 Å². The van der Waals surface area contributed by atoms with Crippen LogP contribution in [0.3, 0.4) is 0 Å². The number of nitrogens with zero attached hydrogens (tertiary/aromatic N) is 1. The molecule has 0 amide bonds. The minimum absolute atomic E-state index is 0.0681. The smallest absolute Gasteiger partial charge is 0.308 e. The Kier molecular flexibility index (Phi) is 3.50. The summed E-state index contributed by atoms with van der Waals surface area (Å²) in [6, 6.07) is 3.59. The monoisotopic (exact) mass is 248 g/mol. The lowest BCUT2D eigenvalue weighted by molar-refractivity contribution is -0.142. The Morgan fingerprint density at radius 2 is 2.28 bits per heavy atom. The molecule has 2 rings (SSSR count). The lowest BCUT2D eigenvalue weighted by Gasteiger charge is -2.17. The minimum Gasteiger partial charge on any atom is -0.481 e. The van der Waals surface area contributed by atoms with Crippen LogP contribution in [0.2, 0.25) is 0 Å². The second-order valence-corrected chi connectivity index (χ2v) is 4.56. The molecule has 1 atom stereocenters. The number of pyridine rings is 1. The van der Waals surface area contributed by atoms with Crippen LogP contribution in [0, 0.1) is 11.8 Å². The fraction of sp³-hybridized carbons (Fsp3) is 0.385. The van der Waals surface area contributed by atoms with E-state index in [9.17, 15) is 4.79 Å². The number of carboxylic acids is 1. The Hall–Kier alpha value is -2.04. The number of hydrogen-bond donors (Lipinski definition) is 2. The molecule has 1 unspecified atom stereocenters. The highest BCUT2D eigenvalue weighted by Gasteiger charge is 2.21. The van der Waals surface area contributed by atoms with Gasteiger partial charge in [0.15, 0.2) is 0 Å². The summed E-state index contributed by atoms with van der Waals surface area (Å²) in [6.07, 6.45) is 3.23. The van der Waals surface area contributed by atoms with Gasteiger partial charge >= 0.3 is 5.97 Å². The van der Waals surface area contributed by atoms with E-state index in [1.54, 1.807) is 18.5 Å². The van der Waals surface area contributed by atoms with Crippen LogP contribution in [0.25, 0.3) is 11.0 Å². The zero-order valence-corrected chi connectivity index (χ0v) is 10.4. The van der Waals surface area contributed by atoms with Gasteiger partial charge in [-0.2, -0.15) is 0 Å². The van der Waals surface area contributed by atoms with Gasteiger partial charge in [-0.3, -0.25) is 4.79 Å². The first-order chi connectivity index (χ1) is 8.59. The van der Waals surface area contributed by atoms with E-state index in [2.05, 4.69) is 10.3 Å². The molecule has 0 fully saturated rings. The molecule has 0 bridgehead atoms. The average molecular weight is 248 g/mol. The molecule has 2 aromatic heterocycles. The molecule has 0 aliphatic heterocycles. The Labute approximate surface area is 105 Å². The molecule has 18 heavy (non-hydrogen) atoms. The summed E-state index contributed by atoms with van der Waals surface area (Å²) < 4.78 is 5.26. The number of aromatic nitrogens is 1. The van der Waals surface area contributed by atoms with Gasteiger partial charge < -0.3 is 14.8 Å². The molecule has 2 heterocycles. The molecule has 2 N–H and O–H groups in total. The van der Waals surface area contributed by atoms with Crippen molar-refractivity contribution in [2.75, 3.05) is 11.9 Å². The van der Waals surface area contributed by atoms with Crippen molar-refractivity contribution in [1.82, 2.24) is 4.98 Å². The molecule has 0 saturated carbocycles. The maximum atomic E-state index is 11.1. The third-order valence-corrected chi connectivity index (χ3v) is 2.99. The van der Waals surface area contributed by atoms with E-state index in [0.717, 1.165) is 11.0 Å². The first-order valence-corrected chi connectivity index (χ1v) is 5.88. The van der Waals surface area contributed by atoms with Gasteiger partial charge in [0.05, 0.1) is 17.6 Å². The topological polar surface area (TPSA) is 75.4 Å². The van der Waals surface area contributed by atoms with Crippen molar-refractivity contribution in [2.24, 2.45) is 11.8 Å². The summed E-state index contributed by atoms with van der Waals surface area (Å²) in [7, 11) is 0. The molecule has 96 valence electrons. The van der Waals surface area contributed by atoms with Crippen molar-refractivity contribution in [3.63, 3.8) is 0 Å². The number of carbonyl (C=O) groups is 1. The average Bonchev–Trinajstić information content (AvgIpc) is 2.77. The highest BCUT2D eigenvalue weighted by molar-refractivity contribution is 5.88. The van der Waals surface area contributed by atoms with Gasteiger partial charge in [-0.1, -0.05) is 13.8 Å². The summed E-state index contributed by atoms with van der Waals surface area (Å²) in [6.45, 7) is 4.14. The predicted octanol–water partition coefficient (Wildman–Crippen LogP) is 2.60. The van der Waals surface area contributed by atoms with Crippen LogP contribution in [-0.4, -0.2) is 22.6 Å². The zero-order chi connectivity index (χ0) is 13.1. The number of aliphatic carboxylic acids is 1. The maximum absolute atomic E-state index is 11.1. The van der Waals surface area contributed by atoms with E-state index in [1.807, 2.05) is 19.9 Å². The molecule has 5 nitrogen and oxygen atoms in total. The van der Waals surface area contributed by atoms with E-state index < -0.39 is 11.9 Å². The van der Waals surface area contributed by atoms with Crippen LogP contribution in [-0.2, 0) is 4.79 Å². The number of fused-ring (bicyclic) bond motifs is 1. The Morgan fingerprint density at radius 3 is 2.94 bits per heavy atom. The lowest BCUT2D eigenvalue weighted by atomic mass is 9.96. The van der Waals surface area contributed by atoms with Crippen LogP contribution in [0.5, 0.6) is 0 Å². The van der Waals surface area contributed by atoms with Crippen molar-refractivity contribution >= 4 is 22.8 Å². The van der Waals surface area contributed by atoms with Crippen molar-refractivity contribution in [1.29, 1.82) is 0 Å². The molecule has 0 radical (unpaired) electrons. The summed E-state index contributed by atoms with van der Waals surface area (Å²) >= 11 is 0. The summed E-state index contributed by atoms with van der Waals surface area (Å²) in [4.78, 5) is 15.3. The number of rotatable bonds is 5. The van der Waals surface area contributed by atoms with Gasteiger partial charge in [0.1, 0.15) is 11.4 Å². The van der Waals surface area contributed by atoms with E-state index in [-0.39, 0.29) is 5.92 Å². The number of carboxylic acid groups (broad SMARTS) is 1. The highest BCUT2D eigenvalue weighted by Crippen LogP contribution is 2.22. The van der Waals surface area contributed by atoms with Gasteiger partial charge in [-0.05, 0) is 18.1 Å². The van der Waals surface area contributed by atoms with Gasteiger partial charge in [0.2, 0.25) is 0 Å². The van der Waals surface area contributed by atoms with E-state index in [1.165, 1.54) is 0 Å². The SMILES string of the molecule is CC(C)C(CNc1nccc2occc12)C(=O)O. The lowest BCUT2D eigenvalue weighted by Crippen LogP contribution is -2.27. The third kappa shape index (κ3) is 2.45. The van der Waals surface area contributed by atoms with Crippen LogP contribution < -0.4 is 5.32 Å². The standard InChI is InChI=1S/C13H16N2O3/c1-8(2)10(13(16)17)7-15-12-9-4-6-18-11(9)3-5-14-12/h3-6,8,10H,7H2,1-2H3,(H,14,15)(H,16,17). The highest BCUT2D eigenvalue weighted by atomic mass is 16.4. The fourth-order valence-corrected chi connectivity index (χ4v) is 1.85. The Bertz CT molecular complexity index is 548. The predicted molar refractivity (Wildman–Crippen MR) is 68.5 cm³/mol. The van der Waals surface area contributed by atoms with E-state index in [0.29, 0.717) is 12.4 Å². The Morgan fingerprint density at radius 1 is 1.50 bits per heavy atom. The molecular weight excluding hydrogens is 232 g/mol. The molecule has 0 spiro atoms. The number of furan rings is 1. The van der Waals surface area contributed by atoms with Crippen LogP contribution in [0.15, 0.2) is 29.0 Å². The first-order valence-electron chi connectivity index (χ1n) is 5.88. The zero-order valence-electron chi connectivity index (χ0n) is 10.4. The summed E-state index contributed by atoms with van der Waals surface area (Å²) in [5, 5.41) is 13.1. The molecular formula is C13H16N2O3. The maximum Gasteiger partial charge on any atom is 0.308 e. The van der Waals surface area contributed by atoms with Gasteiger partial charge in [-0.25, -0.2) is 4.98 Å². The van der Waals surface area contributed by atoms with Crippen molar-refractivity contribution < 1.29 is 14.3 Å². The second kappa shape index (κ2) is 5.08. The quantitative estimate of drug-likeness (QED) is 0.850. The number of anilines is 1. The van der Waals surface area contributed by atoms with Gasteiger partial charge in [0, 0.05) is 12.7 Å². The first kappa shape index (κ1) is 12.4. The summed E-state index contributed by atoms with van der Waals surface area (Å²) in [5.41, 5.74) is 0.740. The van der Waals surface area contributed by atoms with E-state index >= 15 is 0 Å². The second-order valence-electron chi connectivity index (χ2n) is 4.56. The van der Waals surface area contributed by atoms with Crippen LogP contribution in [0.1, 0.15) is 13.8 Å². The third-order valence-electron chi connectivity index (χ3n) is 2.99. The largest absolute Gasteiger partial charge is 0.481 e. The Balaban J connectivity index is 2.14. The fourth-order valence-electron chi connectivity index (χ4n) is 1.85. The molecule has 2 aromatic rings. The molecule has 0 aliphatic carbocycles. The van der Waals surface area contributed by atoms with Gasteiger partial charge in [-0.15, -0.1) is 0 Å². The molecule has 0 aromatic carbocycles. The molecule has 0 aliphatic rings. The van der Waals surface area contributed by atoms with Crippen LogP contribution in [0.4, 0.5) is 5.82 Å². The number of hydrogen-bond acceptors (Lipinski definition) is 4. The van der Waals surface area contributed by atoms with Crippen LogP contribution >= 0.6 is 0 Å². The normalized spacial score (nSPS) is 12.8. The van der Waals surface area contributed by atoms with Crippen molar-refractivity contribution in [2.45, 2.75) is 13.8 Å². The summed E-state index contributed by atoms with van der Waals surface area (Å²) in [5.74, 6) is -0.502.